The van der Waals surface area contributed by atoms with Crippen molar-refractivity contribution in [1.29, 1.82) is 0 Å². The molecule has 0 spiro atoms. The fraction of sp³-hybridized carbons (Fsp3) is 0.333. The van der Waals surface area contributed by atoms with Gasteiger partial charge in [-0.3, -0.25) is 4.79 Å². The van der Waals surface area contributed by atoms with Gasteiger partial charge in [-0.15, -0.1) is 0 Å². The Morgan fingerprint density at radius 2 is 1.83 bits per heavy atom. The number of rotatable bonds is 2. The first-order valence-electron chi connectivity index (χ1n) is 8.02. The summed E-state index contributed by atoms with van der Waals surface area (Å²) in [5.41, 5.74) is 3.03. The summed E-state index contributed by atoms with van der Waals surface area (Å²) in [5, 5.41) is 0. The zero-order valence-corrected chi connectivity index (χ0v) is 12.9. The zero-order chi connectivity index (χ0) is 15.6. The molecule has 0 atom stereocenters. The summed E-state index contributed by atoms with van der Waals surface area (Å²) in [6, 6.07) is 14.0. The average molecular weight is 309 g/mol. The minimum Gasteiger partial charge on any atom is -0.378 e. The lowest BCUT2D eigenvalue weighted by atomic mass is 10.2. The van der Waals surface area contributed by atoms with Crippen LogP contribution in [-0.4, -0.2) is 48.6 Å². The second-order valence-electron chi connectivity index (χ2n) is 5.82. The molecule has 1 saturated heterocycles. The monoisotopic (exact) mass is 309 g/mol. The number of benzene rings is 1. The van der Waals surface area contributed by atoms with E-state index >= 15 is 0 Å². The van der Waals surface area contributed by atoms with Crippen LogP contribution in [0.3, 0.4) is 0 Å². The van der Waals surface area contributed by atoms with Gasteiger partial charge in [-0.25, -0.2) is 4.98 Å². The van der Waals surface area contributed by atoms with Crippen LogP contribution in [0.25, 0.3) is 0 Å². The Morgan fingerprint density at radius 1 is 1.00 bits per heavy atom. The highest BCUT2D eigenvalue weighted by Crippen LogP contribution is 2.33. The maximum Gasteiger partial charge on any atom is 0.272 e. The SMILES string of the molecule is O=C(c1cccc(N2CCc3ccccc32)n1)N1CCOCC1. The third kappa shape index (κ3) is 2.68. The summed E-state index contributed by atoms with van der Waals surface area (Å²) in [6.07, 6.45) is 1.01. The van der Waals surface area contributed by atoms with Crippen molar-refractivity contribution in [2.24, 2.45) is 0 Å². The zero-order valence-electron chi connectivity index (χ0n) is 12.9. The van der Waals surface area contributed by atoms with E-state index < -0.39 is 0 Å². The molecule has 0 radical (unpaired) electrons. The van der Waals surface area contributed by atoms with Gasteiger partial charge in [-0.2, -0.15) is 0 Å². The van der Waals surface area contributed by atoms with Gasteiger partial charge < -0.3 is 14.5 Å². The van der Waals surface area contributed by atoms with Gasteiger partial charge >= 0.3 is 0 Å². The van der Waals surface area contributed by atoms with Gasteiger partial charge in [0.1, 0.15) is 11.5 Å². The first kappa shape index (κ1) is 14.2. The van der Waals surface area contributed by atoms with Crippen molar-refractivity contribution in [2.75, 3.05) is 37.7 Å². The Kier molecular flexibility index (Phi) is 3.71. The fourth-order valence-corrected chi connectivity index (χ4v) is 3.20. The van der Waals surface area contributed by atoms with Crippen LogP contribution in [0, 0.1) is 0 Å². The van der Waals surface area contributed by atoms with E-state index in [0.29, 0.717) is 32.0 Å². The lowest BCUT2D eigenvalue weighted by Crippen LogP contribution is -2.41. The van der Waals surface area contributed by atoms with Gasteiger partial charge in [0.15, 0.2) is 0 Å². The smallest absolute Gasteiger partial charge is 0.272 e. The summed E-state index contributed by atoms with van der Waals surface area (Å²) in [6.45, 7) is 3.38. The molecule has 1 aromatic carbocycles. The predicted octanol–water partition coefficient (Wildman–Crippen LogP) is 2.25. The number of hydrogen-bond acceptors (Lipinski definition) is 4. The van der Waals surface area contributed by atoms with Gasteiger partial charge in [0.25, 0.3) is 5.91 Å². The predicted molar refractivity (Wildman–Crippen MR) is 88.1 cm³/mol. The number of aromatic nitrogens is 1. The minimum absolute atomic E-state index is 0.0115. The van der Waals surface area contributed by atoms with Crippen LogP contribution >= 0.6 is 0 Å². The molecule has 1 fully saturated rings. The highest BCUT2D eigenvalue weighted by atomic mass is 16.5. The molecule has 2 aromatic rings. The molecule has 3 heterocycles. The molecule has 2 aliphatic heterocycles. The molecule has 2 aliphatic rings. The Labute approximate surface area is 135 Å². The van der Waals surface area contributed by atoms with Gasteiger partial charge in [0, 0.05) is 25.3 Å². The van der Waals surface area contributed by atoms with Crippen LogP contribution in [0.5, 0.6) is 0 Å². The highest BCUT2D eigenvalue weighted by Gasteiger charge is 2.23. The second-order valence-corrected chi connectivity index (χ2v) is 5.82. The number of hydrogen-bond donors (Lipinski definition) is 0. The molecule has 4 rings (SSSR count). The number of anilines is 2. The van der Waals surface area contributed by atoms with Crippen LogP contribution in [0.15, 0.2) is 42.5 Å². The molecule has 118 valence electrons. The lowest BCUT2D eigenvalue weighted by molar-refractivity contribution is 0.0299. The van der Waals surface area contributed by atoms with Crippen molar-refractivity contribution in [3.05, 3.63) is 53.7 Å². The van der Waals surface area contributed by atoms with E-state index in [1.54, 1.807) is 6.07 Å². The Morgan fingerprint density at radius 3 is 2.70 bits per heavy atom. The standard InChI is InChI=1S/C18H19N3O2/c22-18(20-10-12-23-13-11-20)15-5-3-7-17(19-15)21-9-8-14-4-1-2-6-16(14)21/h1-7H,8-13H2. The van der Waals surface area contributed by atoms with E-state index in [1.165, 1.54) is 11.3 Å². The summed E-state index contributed by atoms with van der Waals surface area (Å²) in [4.78, 5) is 21.2. The number of carbonyl (C=O) groups is 1. The van der Waals surface area contributed by atoms with E-state index in [-0.39, 0.29) is 5.91 Å². The summed E-state index contributed by atoms with van der Waals surface area (Å²) in [5.74, 6) is 0.830. The van der Waals surface area contributed by atoms with Crippen LogP contribution < -0.4 is 4.90 Å². The van der Waals surface area contributed by atoms with Crippen molar-refractivity contribution < 1.29 is 9.53 Å². The summed E-state index contributed by atoms with van der Waals surface area (Å²) < 4.78 is 5.31. The van der Waals surface area contributed by atoms with Crippen molar-refractivity contribution in [3.8, 4) is 0 Å². The average Bonchev–Trinajstić information content (AvgIpc) is 3.06. The minimum atomic E-state index is -0.0115. The van der Waals surface area contributed by atoms with E-state index in [1.807, 2.05) is 23.1 Å². The summed E-state index contributed by atoms with van der Waals surface area (Å²) >= 11 is 0. The third-order valence-electron chi connectivity index (χ3n) is 4.42. The largest absolute Gasteiger partial charge is 0.378 e. The number of amides is 1. The van der Waals surface area contributed by atoms with E-state index in [0.717, 1.165) is 18.8 Å². The van der Waals surface area contributed by atoms with Gasteiger partial charge in [0.05, 0.1) is 13.2 Å². The molecule has 23 heavy (non-hydrogen) atoms. The summed E-state index contributed by atoms with van der Waals surface area (Å²) in [7, 11) is 0. The molecular weight excluding hydrogens is 290 g/mol. The maximum absolute atomic E-state index is 12.6. The number of pyridine rings is 1. The fourth-order valence-electron chi connectivity index (χ4n) is 3.20. The maximum atomic E-state index is 12.6. The van der Waals surface area contributed by atoms with Crippen LogP contribution in [0.1, 0.15) is 16.1 Å². The van der Waals surface area contributed by atoms with Crippen molar-refractivity contribution in [2.45, 2.75) is 6.42 Å². The van der Waals surface area contributed by atoms with Crippen LogP contribution in [0.2, 0.25) is 0 Å². The number of carbonyl (C=O) groups excluding carboxylic acids is 1. The van der Waals surface area contributed by atoms with Crippen LogP contribution in [-0.2, 0) is 11.2 Å². The molecule has 1 aromatic heterocycles. The van der Waals surface area contributed by atoms with Crippen molar-refractivity contribution in [3.63, 3.8) is 0 Å². The van der Waals surface area contributed by atoms with Crippen molar-refractivity contribution >= 4 is 17.4 Å². The molecule has 0 unspecified atom stereocenters. The number of fused-ring (bicyclic) bond motifs is 1. The number of morpholine rings is 1. The Balaban J connectivity index is 1.61. The molecular formula is C18H19N3O2. The molecule has 0 N–H and O–H groups in total. The number of ether oxygens (including phenoxy) is 1. The lowest BCUT2D eigenvalue weighted by Gasteiger charge is -2.27. The molecule has 5 heteroatoms. The molecule has 1 amide bonds. The molecule has 5 nitrogen and oxygen atoms in total. The highest BCUT2D eigenvalue weighted by molar-refractivity contribution is 5.93. The third-order valence-corrected chi connectivity index (χ3v) is 4.42. The van der Waals surface area contributed by atoms with E-state index in [4.69, 9.17) is 4.74 Å². The molecule has 0 saturated carbocycles. The number of nitrogens with zero attached hydrogens (tertiary/aromatic N) is 3. The van der Waals surface area contributed by atoms with Gasteiger partial charge in [-0.05, 0) is 30.2 Å². The first-order chi connectivity index (χ1) is 11.3. The van der Waals surface area contributed by atoms with E-state index in [9.17, 15) is 4.79 Å². The number of para-hydroxylation sites is 1. The molecule has 0 bridgehead atoms. The van der Waals surface area contributed by atoms with Gasteiger partial charge in [-0.1, -0.05) is 24.3 Å². The second kappa shape index (κ2) is 6.01. The van der Waals surface area contributed by atoms with Gasteiger partial charge in [0.2, 0.25) is 0 Å². The topological polar surface area (TPSA) is 45.7 Å². The Bertz CT molecular complexity index is 726. The molecule has 0 aliphatic carbocycles. The van der Waals surface area contributed by atoms with Crippen LogP contribution in [0.4, 0.5) is 11.5 Å². The van der Waals surface area contributed by atoms with Crippen molar-refractivity contribution in [1.82, 2.24) is 9.88 Å². The normalized spacial score (nSPS) is 17.2. The van der Waals surface area contributed by atoms with E-state index in [2.05, 4.69) is 28.1 Å². The first-order valence-corrected chi connectivity index (χ1v) is 8.02. The quantitative estimate of drug-likeness (QED) is 0.853. The Hall–Kier alpha value is -2.40.